The molecule has 0 atom stereocenters. The highest BCUT2D eigenvalue weighted by Crippen LogP contribution is 2.23. The molecule has 3 aromatic rings. The molecule has 0 amide bonds. The Morgan fingerprint density at radius 2 is 1.90 bits per heavy atom. The number of aryl methyl sites for hydroxylation is 2. The minimum Gasteiger partial charge on any atom is -0.321 e. The van der Waals surface area contributed by atoms with Crippen molar-refractivity contribution in [1.29, 1.82) is 0 Å². The summed E-state index contributed by atoms with van der Waals surface area (Å²) in [5.41, 5.74) is 3.37. The third kappa shape index (κ3) is 2.89. The van der Waals surface area contributed by atoms with Gasteiger partial charge in [-0.1, -0.05) is 0 Å². The average molecular weight is 283 g/mol. The molecule has 0 saturated carbocycles. The molecule has 21 heavy (non-hydrogen) atoms. The smallest absolute Gasteiger partial charge is 0.227 e. The fourth-order valence-electron chi connectivity index (χ4n) is 2.02. The van der Waals surface area contributed by atoms with Gasteiger partial charge < -0.3 is 5.32 Å². The van der Waals surface area contributed by atoms with E-state index in [1.165, 1.54) is 12.1 Å². The van der Waals surface area contributed by atoms with E-state index in [1.807, 2.05) is 20.2 Å². The van der Waals surface area contributed by atoms with Gasteiger partial charge in [0.05, 0.1) is 17.6 Å². The van der Waals surface area contributed by atoms with Crippen molar-refractivity contribution in [3.63, 3.8) is 0 Å². The normalized spacial score (nSPS) is 10.6. The quantitative estimate of drug-likeness (QED) is 0.802. The van der Waals surface area contributed by atoms with Gasteiger partial charge >= 0.3 is 0 Å². The van der Waals surface area contributed by atoms with Crippen molar-refractivity contribution >= 4 is 11.6 Å². The second-order valence-electron chi connectivity index (χ2n) is 4.76. The van der Waals surface area contributed by atoms with E-state index in [-0.39, 0.29) is 5.82 Å². The fraction of sp³-hybridized carbons (Fsp3) is 0.133. The molecule has 1 aromatic carbocycles. The Bertz CT molecular complexity index is 764. The van der Waals surface area contributed by atoms with Crippen LogP contribution in [-0.4, -0.2) is 19.7 Å². The second-order valence-corrected chi connectivity index (χ2v) is 4.76. The van der Waals surface area contributed by atoms with Crippen molar-refractivity contribution in [3.8, 4) is 11.3 Å². The van der Waals surface area contributed by atoms with Gasteiger partial charge in [-0.2, -0.15) is 5.10 Å². The van der Waals surface area contributed by atoms with Gasteiger partial charge in [0.25, 0.3) is 0 Å². The van der Waals surface area contributed by atoms with E-state index in [4.69, 9.17) is 0 Å². The lowest BCUT2D eigenvalue weighted by molar-refractivity contribution is 0.628. The molecule has 0 aliphatic rings. The van der Waals surface area contributed by atoms with Crippen LogP contribution in [0.25, 0.3) is 11.3 Å². The molecule has 0 fully saturated rings. The van der Waals surface area contributed by atoms with E-state index in [0.29, 0.717) is 5.95 Å². The molecule has 0 aliphatic heterocycles. The monoisotopic (exact) mass is 283 g/mol. The maximum atomic E-state index is 13.0. The lowest BCUT2D eigenvalue weighted by Gasteiger charge is -2.08. The number of anilines is 2. The molecule has 0 spiro atoms. The lowest BCUT2D eigenvalue weighted by Crippen LogP contribution is -1.99. The van der Waals surface area contributed by atoms with E-state index in [9.17, 15) is 4.39 Å². The summed E-state index contributed by atoms with van der Waals surface area (Å²) in [6.07, 6.45) is 5.27. The van der Waals surface area contributed by atoms with Crippen LogP contribution in [0.15, 0.2) is 42.9 Å². The summed E-state index contributed by atoms with van der Waals surface area (Å²) in [6.45, 7) is 1.92. The molecule has 0 unspecified atom stereocenters. The number of hydrogen-bond acceptors (Lipinski definition) is 4. The highest BCUT2D eigenvalue weighted by molar-refractivity contribution is 5.64. The molecular weight excluding hydrogens is 269 g/mol. The lowest BCUT2D eigenvalue weighted by atomic mass is 10.1. The van der Waals surface area contributed by atoms with Crippen LogP contribution in [0.5, 0.6) is 0 Å². The van der Waals surface area contributed by atoms with Gasteiger partial charge in [-0.05, 0) is 36.8 Å². The van der Waals surface area contributed by atoms with E-state index in [1.54, 1.807) is 29.2 Å². The van der Waals surface area contributed by atoms with E-state index in [2.05, 4.69) is 20.4 Å². The van der Waals surface area contributed by atoms with Gasteiger partial charge in [0.2, 0.25) is 5.95 Å². The van der Waals surface area contributed by atoms with Crippen molar-refractivity contribution in [2.45, 2.75) is 6.92 Å². The number of nitrogens with zero attached hydrogens (tertiary/aromatic N) is 4. The van der Waals surface area contributed by atoms with Crippen molar-refractivity contribution in [1.82, 2.24) is 19.7 Å². The molecular formula is C15H14FN5. The summed E-state index contributed by atoms with van der Waals surface area (Å²) in [7, 11) is 1.84. The number of nitrogens with one attached hydrogen (secondary N) is 1. The van der Waals surface area contributed by atoms with Crippen molar-refractivity contribution in [2.24, 2.45) is 7.05 Å². The van der Waals surface area contributed by atoms with Gasteiger partial charge in [0, 0.05) is 25.0 Å². The largest absolute Gasteiger partial charge is 0.321 e. The Morgan fingerprint density at radius 3 is 2.57 bits per heavy atom. The minimum atomic E-state index is -0.265. The molecule has 2 aromatic heterocycles. The molecule has 5 nitrogen and oxygen atoms in total. The van der Waals surface area contributed by atoms with Crippen molar-refractivity contribution in [2.75, 3.05) is 5.32 Å². The van der Waals surface area contributed by atoms with Crippen LogP contribution >= 0.6 is 0 Å². The minimum absolute atomic E-state index is 0.265. The van der Waals surface area contributed by atoms with Crippen LogP contribution in [-0.2, 0) is 7.05 Å². The Balaban J connectivity index is 1.94. The summed E-state index contributed by atoms with van der Waals surface area (Å²) >= 11 is 0. The maximum Gasteiger partial charge on any atom is 0.227 e. The zero-order valence-corrected chi connectivity index (χ0v) is 11.7. The first-order valence-corrected chi connectivity index (χ1v) is 6.47. The van der Waals surface area contributed by atoms with Gasteiger partial charge in [-0.25, -0.2) is 14.4 Å². The molecule has 1 N–H and O–H groups in total. The number of benzene rings is 1. The highest BCUT2D eigenvalue weighted by Gasteiger charge is 2.07. The maximum absolute atomic E-state index is 13.0. The summed E-state index contributed by atoms with van der Waals surface area (Å²) in [6, 6.07) is 6.26. The molecule has 0 aliphatic carbocycles. The molecule has 0 bridgehead atoms. The summed E-state index contributed by atoms with van der Waals surface area (Å²) < 4.78 is 14.7. The Labute approximate surface area is 121 Å². The van der Waals surface area contributed by atoms with Gasteiger partial charge in [0.1, 0.15) is 5.82 Å². The number of rotatable bonds is 3. The van der Waals surface area contributed by atoms with E-state index >= 15 is 0 Å². The summed E-state index contributed by atoms with van der Waals surface area (Å²) in [5.74, 6) is 0.215. The Kier molecular flexibility index (Phi) is 3.35. The van der Waals surface area contributed by atoms with E-state index in [0.717, 1.165) is 22.5 Å². The van der Waals surface area contributed by atoms with Crippen LogP contribution in [0.4, 0.5) is 16.0 Å². The molecule has 3 rings (SSSR count). The van der Waals surface area contributed by atoms with Crippen LogP contribution < -0.4 is 5.32 Å². The first-order chi connectivity index (χ1) is 10.1. The van der Waals surface area contributed by atoms with E-state index < -0.39 is 0 Å². The molecule has 2 heterocycles. The number of halogens is 1. The van der Waals surface area contributed by atoms with Crippen LogP contribution in [0.3, 0.4) is 0 Å². The molecule has 106 valence electrons. The Hall–Kier alpha value is -2.76. The third-order valence-electron chi connectivity index (χ3n) is 3.05. The predicted molar refractivity (Wildman–Crippen MR) is 78.7 cm³/mol. The second kappa shape index (κ2) is 5.32. The average Bonchev–Trinajstić information content (AvgIpc) is 2.87. The van der Waals surface area contributed by atoms with Gasteiger partial charge in [-0.3, -0.25) is 4.68 Å². The fourth-order valence-corrected chi connectivity index (χ4v) is 2.02. The number of aromatic nitrogens is 4. The zero-order chi connectivity index (χ0) is 14.8. The Morgan fingerprint density at radius 1 is 1.14 bits per heavy atom. The first kappa shape index (κ1) is 13.2. The summed E-state index contributed by atoms with van der Waals surface area (Å²) in [4.78, 5) is 8.75. The molecule has 0 saturated heterocycles. The SMILES string of the molecule is Cc1cnc(Nc2cnn(C)c2)nc1-c1ccc(F)cc1. The third-order valence-corrected chi connectivity index (χ3v) is 3.05. The van der Waals surface area contributed by atoms with Crippen LogP contribution in [0, 0.1) is 12.7 Å². The van der Waals surface area contributed by atoms with Crippen molar-refractivity contribution < 1.29 is 4.39 Å². The standard InChI is InChI=1S/C15H14FN5/c1-10-7-17-15(19-13-8-18-21(2)9-13)20-14(10)11-3-5-12(16)6-4-11/h3-9H,1-2H3,(H,17,19,20). The van der Waals surface area contributed by atoms with Gasteiger partial charge in [0.15, 0.2) is 0 Å². The molecule has 6 heteroatoms. The molecule has 0 radical (unpaired) electrons. The number of hydrogen-bond donors (Lipinski definition) is 1. The van der Waals surface area contributed by atoms with Crippen LogP contribution in [0.2, 0.25) is 0 Å². The topological polar surface area (TPSA) is 55.6 Å². The first-order valence-electron chi connectivity index (χ1n) is 6.47. The van der Waals surface area contributed by atoms with Crippen molar-refractivity contribution in [3.05, 3.63) is 54.2 Å². The van der Waals surface area contributed by atoms with Gasteiger partial charge in [-0.15, -0.1) is 0 Å². The van der Waals surface area contributed by atoms with Crippen LogP contribution in [0.1, 0.15) is 5.56 Å². The predicted octanol–water partition coefficient (Wildman–Crippen LogP) is 3.07. The summed E-state index contributed by atoms with van der Waals surface area (Å²) in [5, 5.41) is 7.17. The zero-order valence-electron chi connectivity index (χ0n) is 11.7. The highest BCUT2D eigenvalue weighted by atomic mass is 19.1.